The minimum atomic E-state index is -2.85. The Hall–Kier alpha value is -2.40. The molecule has 0 radical (unpaired) electrons. The van der Waals surface area contributed by atoms with Gasteiger partial charge in [0.15, 0.2) is 0 Å². The molecule has 0 atom stereocenters. The van der Waals surface area contributed by atoms with E-state index in [0.717, 1.165) is 16.7 Å². The second-order valence-corrected chi connectivity index (χ2v) is 5.93. The van der Waals surface area contributed by atoms with Crippen molar-refractivity contribution in [2.45, 2.75) is 20.1 Å². The van der Waals surface area contributed by atoms with Crippen LogP contribution in [0.25, 0.3) is 5.57 Å². The number of hydrogen-bond donors (Lipinski definition) is 0. The average molecular weight is 366 g/mol. The van der Waals surface area contributed by atoms with E-state index in [2.05, 4.69) is 4.74 Å². The lowest BCUT2D eigenvalue weighted by Crippen LogP contribution is -2.24. The standard InChI is InChI=1S/C19H18ClF2NO2/c1-13(16-5-3-4-6-17(16)20)11-18(24)23(2)12-14-7-9-15(10-8-14)25-19(21)22/h3-11,19H,12H2,1-2H3/b13-11-. The molecule has 132 valence electrons. The van der Waals surface area contributed by atoms with Gasteiger partial charge in [0.1, 0.15) is 5.75 Å². The molecule has 1 amide bonds. The Bertz CT molecular complexity index is 760. The van der Waals surface area contributed by atoms with Crippen LogP contribution >= 0.6 is 11.6 Å². The Morgan fingerprint density at radius 1 is 1.20 bits per heavy atom. The van der Waals surface area contributed by atoms with Crippen molar-refractivity contribution in [3.63, 3.8) is 0 Å². The van der Waals surface area contributed by atoms with Gasteiger partial charge >= 0.3 is 6.61 Å². The van der Waals surface area contributed by atoms with Gasteiger partial charge in [-0.2, -0.15) is 8.78 Å². The first kappa shape index (κ1) is 18.9. The average Bonchev–Trinajstić information content (AvgIpc) is 2.56. The molecule has 0 heterocycles. The minimum Gasteiger partial charge on any atom is -0.435 e. The van der Waals surface area contributed by atoms with E-state index in [1.54, 1.807) is 25.2 Å². The molecule has 0 N–H and O–H groups in total. The topological polar surface area (TPSA) is 29.5 Å². The molecule has 2 aromatic rings. The fourth-order valence-electron chi connectivity index (χ4n) is 2.28. The predicted octanol–water partition coefficient (Wildman–Crippen LogP) is 5.00. The highest BCUT2D eigenvalue weighted by Gasteiger charge is 2.10. The number of ether oxygens (including phenoxy) is 1. The zero-order chi connectivity index (χ0) is 18.4. The summed E-state index contributed by atoms with van der Waals surface area (Å²) in [4.78, 5) is 13.9. The van der Waals surface area contributed by atoms with Crippen LogP contribution in [0.1, 0.15) is 18.1 Å². The van der Waals surface area contributed by atoms with Crippen molar-refractivity contribution in [2.24, 2.45) is 0 Å². The highest BCUT2D eigenvalue weighted by molar-refractivity contribution is 6.32. The van der Waals surface area contributed by atoms with E-state index < -0.39 is 6.61 Å². The Morgan fingerprint density at radius 3 is 2.44 bits per heavy atom. The van der Waals surface area contributed by atoms with Crippen LogP contribution in [-0.4, -0.2) is 24.5 Å². The maximum atomic E-state index is 12.3. The normalized spacial score (nSPS) is 11.5. The summed E-state index contributed by atoms with van der Waals surface area (Å²) >= 11 is 6.13. The highest BCUT2D eigenvalue weighted by Crippen LogP contribution is 2.23. The zero-order valence-corrected chi connectivity index (χ0v) is 14.6. The second kappa shape index (κ2) is 8.62. The molecular weight excluding hydrogens is 348 g/mol. The number of rotatable bonds is 6. The molecule has 2 rings (SSSR count). The van der Waals surface area contributed by atoms with Gasteiger partial charge in [-0.25, -0.2) is 0 Å². The number of carbonyl (C=O) groups excluding carboxylic acids is 1. The summed E-state index contributed by atoms with van der Waals surface area (Å²) in [6.45, 7) is -0.684. The Morgan fingerprint density at radius 2 is 1.84 bits per heavy atom. The summed E-state index contributed by atoms with van der Waals surface area (Å²) < 4.78 is 28.6. The third-order valence-electron chi connectivity index (χ3n) is 3.58. The van der Waals surface area contributed by atoms with Crippen LogP contribution in [0.5, 0.6) is 5.75 Å². The molecule has 0 aliphatic rings. The molecule has 3 nitrogen and oxygen atoms in total. The SMILES string of the molecule is C/C(=C/C(=O)N(C)Cc1ccc(OC(F)F)cc1)c1ccccc1Cl. The summed E-state index contributed by atoms with van der Waals surface area (Å²) in [6, 6.07) is 13.5. The van der Waals surface area contributed by atoms with Crippen LogP contribution in [0.15, 0.2) is 54.6 Å². The maximum Gasteiger partial charge on any atom is 0.387 e. The summed E-state index contributed by atoms with van der Waals surface area (Å²) in [5, 5.41) is 0.585. The molecule has 0 aromatic heterocycles. The van der Waals surface area contributed by atoms with Gasteiger partial charge in [-0.3, -0.25) is 4.79 Å². The third kappa shape index (κ3) is 5.57. The number of hydrogen-bond acceptors (Lipinski definition) is 2. The van der Waals surface area contributed by atoms with Crippen molar-refractivity contribution < 1.29 is 18.3 Å². The van der Waals surface area contributed by atoms with Crippen LogP contribution in [0.4, 0.5) is 8.78 Å². The molecule has 0 saturated heterocycles. The summed E-state index contributed by atoms with van der Waals surface area (Å²) in [5.41, 5.74) is 2.38. The molecule has 0 fully saturated rings. The quantitative estimate of drug-likeness (QED) is 0.674. The Balaban J connectivity index is 2.02. The van der Waals surface area contributed by atoms with E-state index in [1.165, 1.54) is 23.1 Å². The first-order valence-corrected chi connectivity index (χ1v) is 7.96. The van der Waals surface area contributed by atoms with Crippen LogP contribution in [0, 0.1) is 0 Å². The number of benzene rings is 2. The van der Waals surface area contributed by atoms with Crippen molar-refractivity contribution in [3.8, 4) is 5.75 Å². The minimum absolute atomic E-state index is 0.0854. The molecule has 0 spiro atoms. The van der Waals surface area contributed by atoms with Crippen LogP contribution < -0.4 is 4.74 Å². The maximum absolute atomic E-state index is 12.3. The number of carbonyl (C=O) groups is 1. The number of halogens is 3. The van der Waals surface area contributed by atoms with E-state index in [-0.39, 0.29) is 11.7 Å². The Kier molecular flexibility index (Phi) is 6.53. The molecule has 0 bridgehead atoms. The van der Waals surface area contributed by atoms with Crippen molar-refractivity contribution in [1.29, 1.82) is 0 Å². The van der Waals surface area contributed by atoms with E-state index in [4.69, 9.17) is 11.6 Å². The first-order valence-electron chi connectivity index (χ1n) is 7.59. The number of alkyl halides is 2. The van der Waals surface area contributed by atoms with Crippen molar-refractivity contribution >= 4 is 23.1 Å². The predicted molar refractivity (Wildman–Crippen MR) is 94.7 cm³/mol. The van der Waals surface area contributed by atoms with E-state index in [9.17, 15) is 13.6 Å². The number of likely N-dealkylation sites (N-methyl/N-ethyl adjacent to an activating group) is 1. The van der Waals surface area contributed by atoms with Gasteiger partial charge < -0.3 is 9.64 Å². The van der Waals surface area contributed by atoms with Crippen LogP contribution in [0.3, 0.4) is 0 Å². The summed E-state index contributed by atoms with van der Waals surface area (Å²) in [7, 11) is 1.67. The smallest absolute Gasteiger partial charge is 0.387 e. The van der Waals surface area contributed by atoms with Gasteiger partial charge in [-0.05, 0) is 41.8 Å². The lowest BCUT2D eigenvalue weighted by molar-refractivity contribution is -0.125. The van der Waals surface area contributed by atoms with Gasteiger partial charge in [-0.15, -0.1) is 0 Å². The van der Waals surface area contributed by atoms with Gasteiger partial charge in [0.2, 0.25) is 5.91 Å². The summed E-state index contributed by atoms with van der Waals surface area (Å²) in [6.07, 6.45) is 1.52. The Labute approximate surface area is 150 Å². The van der Waals surface area contributed by atoms with Gasteiger partial charge in [0.05, 0.1) is 0 Å². The fraction of sp³-hybridized carbons (Fsp3) is 0.211. The number of nitrogens with zero attached hydrogens (tertiary/aromatic N) is 1. The lowest BCUT2D eigenvalue weighted by atomic mass is 10.1. The number of allylic oxidation sites excluding steroid dienone is 1. The van der Waals surface area contributed by atoms with Gasteiger partial charge in [-0.1, -0.05) is 41.9 Å². The summed E-state index contributed by atoms with van der Waals surface area (Å²) in [5.74, 6) is -0.0903. The fourth-order valence-corrected chi connectivity index (χ4v) is 2.57. The van der Waals surface area contributed by atoms with Gasteiger partial charge in [0, 0.05) is 24.7 Å². The molecule has 0 aliphatic carbocycles. The monoisotopic (exact) mass is 365 g/mol. The zero-order valence-electron chi connectivity index (χ0n) is 13.9. The molecule has 0 unspecified atom stereocenters. The van der Waals surface area contributed by atoms with Crippen molar-refractivity contribution in [2.75, 3.05) is 7.05 Å². The molecular formula is C19H18ClF2NO2. The first-order chi connectivity index (χ1) is 11.9. The van der Waals surface area contributed by atoms with Crippen molar-refractivity contribution in [3.05, 3.63) is 70.8 Å². The highest BCUT2D eigenvalue weighted by atomic mass is 35.5. The van der Waals surface area contributed by atoms with E-state index >= 15 is 0 Å². The van der Waals surface area contributed by atoms with Crippen LogP contribution in [-0.2, 0) is 11.3 Å². The molecule has 0 aliphatic heterocycles. The largest absolute Gasteiger partial charge is 0.435 e. The lowest BCUT2D eigenvalue weighted by Gasteiger charge is -2.16. The molecule has 2 aromatic carbocycles. The molecule has 0 saturated carbocycles. The van der Waals surface area contributed by atoms with Gasteiger partial charge in [0.25, 0.3) is 0 Å². The third-order valence-corrected chi connectivity index (χ3v) is 3.91. The van der Waals surface area contributed by atoms with Crippen LogP contribution in [0.2, 0.25) is 5.02 Å². The molecule has 25 heavy (non-hydrogen) atoms. The molecule has 6 heteroatoms. The second-order valence-electron chi connectivity index (χ2n) is 5.52. The van der Waals surface area contributed by atoms with E-state index in [1.807, 2.05) is 25.1 Å². The van der Waals surface area contributed by atoms with E-state index in [0.29, 0.717) is 11.6 Å². The van der Waals surface area contributed by atoms with Crippen molar-refractivity contribution in [1.82, 2.24) is 4.90 Å². The number of amides is 1.